The first-order chi connectivity index (χ1) is 8.99. The summed E-state index contributed by atoms with van der Waals surface area (Å²) in [7, 11) is 0. The van der Waals surface area contributed by atoms with Crippen LogP contribution >= 0.6 is 12.4 Å². The van der Waals surface area contributed by atoms with E-state index in [1.807, 2.05) is 0 Å². The molecule has 1 aliphatic carbocycles. The number of aromatic nitrogens is 2. The van der Waals surface area contributed by atoms with E-state index in [0.29, 0.717) is 23.7 Å². The zero-order valence-corrected chi connectivity index (χ0v) is 11.1. The monoisotopic (exact) mass is 297 g/mol. The maximum atomic E-state index is 11.8. The van der Waals surface area contributed by atoms with E-state index in [4.69, 9.17) is 5.73 Å². The van der Waals surface area contributed by atoms with E-state index < -0.39 is 10.5 Å². The summed E-state index contributed by atoms with van der Waals surface area (Å²) in [6.07, 6.45) is 1.28. The number of aromatic amines is 1. The lowest BCUT2D eigenvalue weighted by atomic mass is 10.2. The topological polar surface area (TPSA) is 127 Å². The van der Waals surface area contributed by atoms with Gasteiger partial charge in [-0.25, -0.2) is 0 Å². The number of H-pyrrole nitrogens is 1. The Morgan fingerprint density at radius 1 is 1.50 bits per heavy atom. The number of nitrogens with zero attached hydrogens (tertiary/aromatic N) is 2. The van der Waals surface area contributed by atoms with Crippen molar-refractivity contribution in [2.24, 2.45) is 5.73 Å². The number of carbonyl (C=O) groups excluding carboxylic acids is 1. The van der Waals surface area contributed by atoms with Crippen LogP contribution in [0.4, 0.5) is 11.5 Å². The van der Waals surface area contributed by atoms with Crippen molar-refractivity contribution in [3.05, 3.63) is 28.3 Å². The van der Waals surface area contributed by atoms with Gasteiger partial charge in [0.1, 0.15) is 0 Å². The number of nitrogens with two attached hydrogens (primary N) is 1. The highest BCUT2D eigenvalue weighted by atomic mass is 35.5. The Hall–Kier alpha value is -2.19. The van der Waals surface area contributed by atoms with E-state index in [1.54, 1.807) is 6.07 Å². The average Bonchev–Trinajstić information content (AvgIpc) is 3.01. The highest BCUT2D eigenvalue weighted by Gasteiger charge is 2.46. The van der Waals surface area contributed by atoms with Gasteiger partial charge in [-0.15, -0.1) is 12.4 Å². The SMILES string of the molecule is Cl.NC1(C(=O)Nc2n[nH]c3ccc([N+](=O)[O-])cc23)CC1. The molecule has 1 aliphatic rings. The van der Waals surface area contributed by atoms with Crippen LogP contribution in [0.15, 0.2) is 18.2 Å². The third-order valence-electron chi connectivity index (χ3n) is 3.23. The molecular weight excluding hydrogens is 286 g/mol. The number of anilines is 1. The quantitative estimate of drug-likeness (QED) is 0.581. The number of non-ortho nitro benzene ring substituents is 1. The van der Waals surface area contributed by atoms with Crippen LogP contribution in [0.1, 0.15) is 12.8 Å². The van der Waals surface area contributed by atoms with Crippen molar-refractivity contribution in [3.63, 3.8) is 0 Å². The standard InChI is InChI=1S/C11H11N5O3.ClH/c12-11(3-4-11)10(17)13-9-7-5-6(16(18)19)1-2-8(7)14-15-9;/h1-2,5H,3-4,12H2,(H2,13,14,15,17);1H. The molecule has 1 aromatic carbocycles. The van der Waals surface area contributed by atoms with Crippen molar-refractivity contribution in [2.45, 2.75) is 18.4 Å². The summed E-state index contributed by atoms with van der Waals surface area (Å²) < 4.78 is 0. The van der Waals surface area contributed by atoms with Crippen LogP contribution in [0.25, 0.3) is 10.9 Å². The van der Waals surface area contributed by atoms with Gasteiger partial charge in [0.25, 0.3) is 5.69 Å². The number of rotatable bonds is 3. The molecule has 0 radical (unpaired) electrons. The summed E-state index contributed by atoms with van der Waals surface area (Å²) in [5.74, 6) is -0.0483. The van der Waals surface area contributed by atoms with Crippen molar-refractivity contribution in [3.8, 4) is 0 Å². The molecule has 1 fully saturated rings. The van der Waals surface area contributed by atoms with E-state index >= 15 is 0 Å². The smallest absolute Gasteiger partial charge is 0.270 e. The zero-order chi connectivity index (χ0) is 13.6. The van der Waals surface area contributed by atoms with Crippen molar-refractivity contribution < 1.29 is 9.72 Å². The van der Waals surface area contributed by atoms with Crippen molar-refractivity contribution >= 4 is 40.7 Å². The fourth-order valence-electron chi connectivity index (χ4n) is 1.80. The van der Waals surface area contributed by atoms with E-state index in [0.717, 1.165) is 0 Å². The average molecular weight is 298 g/mol. The maximum absolute atomic E-state index is 11.8. The Morgan fingerprint density at radius 3 is 2.80 bits per heavy atom. The van der Waals surface area contributed by atoms with Gasteiger partial charge in [0.2, 0.25) is 5.91 Å². The van der Waals surface area contributed by atoms with Gasteiger partial charge < -0.3 is 11.1 Å². The number of amides is 1. The molecule has 0 atom stereocenters. The normalized spacial score (nSPS) is 15.4. The number of fused-ring (bicyclic) bond motifs is 1. The number of nitro groups is 1. The molecule has 0 unspecified atom stereocenters. The zero-order valence-electron chi connectivity index (χ0n) is 10.3. The number of hydrogen-bond donors (Lipinski definition) is 3. The molecule has 4 N–H and O–H groups in total. The van der Waals surface area contributed by atoms with Gasteiger partial charge in [0.15, 0.2) is 5.82 Å². The summed E-state index contributed by atoms with van der Waals surface area (Å²) in [6.45, 7) is 0. The Bertz CT molecular complexity index is 694. The molecule has 1 saturated carbocycles. The molecule has 20 heavy (non-hydrogen) atoms. The maximum Gasteiger partial charge on any atom is 0.270 e. The summed E-state index contributed by atoms with van der Waals surface area (Å²) in [6, 6.07) is 4.29. The predicted octanol–water partition coefficient (Wildman–Crippen LogP) is 1.32. The molecule has 2 aromatic rings. The molecule has 0 aliphatic heterocycles. The lowest BCUT2D eigenvalue weighted by Crippen LogP contribution is -2.37. The van der Waals surface area contributed by atoms with Gasteiger partial charge >= 0.3 is 0 Å². The molecule has 1 aromatic heterocycles. The van der Waals surface area contributed by atoms with Crippen molar-refractivity contribution in [1.82, 2.24) is 10.2 Å². The van der Waals surface area contributed by atoms with Gasteiger partial charge in [0, 0.05) is 12.1 Å². The van der Waals surface area contributed by atoms with E-state index in [1.165, 1.54) is 12.1 Å². The minimum Gasteiger partial charge on any atom is -0.317 e. The Kier molecular flexibility index (Phi) is 3.36. The predicted molar refractivity (Wildman–Crippen MR) is 74.8 cm³/mol. The lowest BCUT2D eigenvalue weighted by molar-refractivity contribution is -0.384. The molecule has 9 heteroatoms. The van der Waals surface area contributed by atoms with E-state index in [-0.39, 0.29) is 29.8 Å². The van der Waals surface area contributed by atoms with Gasteiger partial charge in [-0.2, -0.15) is 5.10 Å². The molecule has 1 amide bonds. The molecule has 3 rings (SSSR count). The summed E-state index contributed by atoms with van der Waals surface area (Å²) in [5, 5.41) is 20.5. The van der Waals surface area contributed by atoms with Crippen LogP contribution < -0.4 is 11.1 Å². The molecule has 0 bridgehead atoms. The molecule has 0 spiro atoms. The van der Waals surface area contributed by atoms with Crippen LogP contribution in [-0.4, -0.2) is 26.6 Å². The molecule has 1 heterocycles. The third kappa shape index (κ3) is 2.30. The van der Waals surface area contributed by atoms with Crippen LogP contribution in [-0.2, 0) is 4.79 Å². The first-order valence-corrected chi connectivity index (χ1v) is 5.72. The first-order valence-electron chi connectivity index (χ1n) is 5.72. The first kappa shape index (κ1) is 14.2. The van der Waals surface area contributed by atoms with Crippen molar-refractivity contribution in [1.29, 1.82) is 0 Å². The van der Waals surface area contributed by atoms with Gasteiger partial charge in [-0.3, -0.25) is 20.0 Å². The second kappa shape index (κ2) is 4.73. The largest absolute Gasteiger partial charge is 0.317 e. The molecule has 0 saturated heterocycles. The lowest BCUT2D eigenvalue weighted by Gasteiger charge is -2.07. The van der Waals surface area contributed by atoms with Crippen LogP contribution in [0, 0.1) is 10.1 Å². The highest BCUT2D eigenvalue weighted by molar-refractivity contribution is 6.05. The number of carbonyl (C=O) groups is 1. The van der Waals surface area contributed by atoms with Gasteiger partial charge in [-0.1, -0.05) is 0 Å². The number of hydrogen-bond acceptors (Lipinski definition) is 5. The number of nitro benzene ring substituents is 1. The summed E-state index contributed by atoms with van der Waals surface area (Å²) >= 11 is 0. The Morgan fingerprint density at radius 2 is 2.20 bits per heavy atom. The van der Waals surface area contributed by atoms with E-state index in [9.17, 15) is 14.9 Å². The molecule has 8 nitrogen and oxygen atoms in total. The van der Waals surface area contributed by atoms with Crippen LogP contribution in [0.2, 0.25) is 0 Å². The van der Waals surface area contributed by atoms with Gasteiger partial charge in [0.05, 0.1) is 21.4 Å². The number of benzene rings is 1. The Labute approximate surface area is 119 Å². The second-order valence-electron chi connectivity index (χ2n) is 4.67. The Balaban J connectivity index is 0.00000147. The minimum absolute atomic E-state index is 0. The summed E-state index contributed by atoms with van der Waals surface area (Å²) in [4.78, 5) is 22.1. The number of nitrogens with one attached hydrogen (secondary N) is 2. The van der Waals surface area contributed by atoms with Crippen molar-refractivity contribution in [2.75, 3.05) is 5.32 Å². The minimum atomic E-state index is -0.814. The highest BCUT2D eigenvalue weighted by Crippen LogP contribution is 2.34. The third-order valence-corrected chi connectivity index (χ3v) is 3.23. The van der Waals surface area contributed by atoms with Crippen LogP contribution in [0.5, 0.6) is 0 Å². The van der Waals surface area contributed by atoms with Gasteiger partial charge in [-0.05, 0) is 18.9 Å². The molecular formula is C11H12ClN5O3. The van der Waals surface area contributed by atoms with Crippen LogP contribution in [0.3, 0.4) is 0 Å². The fraction of sp³-hybridized carbons (Fsp3) is 0.273. The molecule has 106 valence electrons. The summed E-state index contributed by atoms with van der Waals surface area (Å²) in [5.41, 5.74) is 5.51. The van der Waals surface area contributed by atoms with E-state index in [2.05, 4.69) is 15.5 Å². The fourth-order valence-corrected chi connectivity index (χ4v) is 1.80. The number of halogens is 1. The second-order valence-corrected chi connectivity index (χ2v) is 4.67.